The van der Waals surface area contributed by atoms with E-state index in [2.05, 4.69) is 0 Å². The van der Waals surface area contributed by atoms with Crippen LogP contribution in [0.3, 0.4) is 0 Å². The topological polar surface area (TPSA) is 26.3 Å². The number of rotatable bonds is 4. The smallest absolute Gasteiger partial charge is 0.305 e. The van der Waals surface area contributed by atoms with Crippen molar-refractivity contribution in [2.75, 3.05) is 7.11 Å². The summed E-state index contributed by atoms with van der Waals surface area (Å²) in [6.45, 7) is 0. The molecule has 0 amide bonds. The van der Waals surface area contributed by atoms with E-state index in [-0.39, 0.29) is 5.97 Å². The molecule has 0 heterocycles. The minimum absolute atomic E-state index is 0.0422. The van der Waals surface area contributed by atoms with Gasteiger partial charge in [-0.3, -0.25) is 4.79 Å². The van der Waals surface area contributed by atoms with E-state index in [0.29, 0.717) is 12.3 Å². The normalized spacial score (nSPS) is 46.9. The van der Waals surface area contributed by atoms with Crippen molar-refractivity contribution in [3.05, 3.63) is 0 Å². The van der Waals surface area contributed by atoms with Crippen molar-refractivity contribution in [2.24, 2.45) is 41.4 Å². The van der Waals surface area contributed by atoms with Gasteiger partial charge in [-0.15, -0.1) is 0 Å². The second-order valence-corrected chi connectivity index (χ2v) is 8.12. The van der Waals surface area contributed by atoms with Gasteiger partial charge in [-0.2, -0.15) is 0 Å². The quantitative estimate of drug-likeness (QED) is 0.724. The van der Waals surface area contributed by atoms with Crippen LogP contribution >= 0.6 is 0 Å². The Hall–Kier alpha value is -0.530. The third-order valence-electron chi connectivity index (χ3n) is 7.32. The summed E-state index contributed by atoms with van der Waals surface area (Å²) >= 11 is 0. The molecule has 0 saturated heterocycles. The zero-order valence-corrected chi connectivity index (χ0v) is 12.7. The molecule has 0 spiro atoms. The highest BCUT2D eigenvalue weighted by molar-refractivity contribution is 5.69. The average Bonchev–Trinajstić information content (AvgIpc) is 3.22. The van der Waals surface area contributed by atoms with E-state index in [9.17, 15) is 4.79 Å². The Labute approximate surface area is 122 Å². The predicted molar refractivity (Wildman–Crippen MR) is 78.0 cm³/mol. The molecule has 0 aromatic heterocycles. The molecule has 0 N–H and O–H groups in total. The number of fused-ring (bicyclic) bond motifs is 4. The number of carbonyl (C=O) groups excluding carboxylic acids is 1. The first kappa shape index (κ1) is 13.2. The summed E-state index contributed by atoms with van der Waals surface area (Å²) in [6.07, 6.45) is 12.3. The van der Waals surface area contributed by atoms with Crippen LogP contribution in [0.4, 0.5) is 0 Å². The highest BCUT2D eigenvalue weighted by Gasteiger charge is 2.50. The summed E-state index contributed by atoms with van der Waals surface area (Å²) < 4.78 is 5.02. The van der Waals surface area contributed by atoms with E-state index in [0.717, 1.165) is 35.5 Å². The van der Waals surface area contributed by atoms with Gasteiger partial charge < -0.3 is 4.74 Å². The Kier molecular flexibility index (Phi) is 3.31. The fourth-order valence-electron chi connectivity index (χ4n) is 6.53. The van der Waals surface area contributed by atoms with Crippen LogP contribution in [0.2, 0.25) is 0 Å². The van der Waals surface area contributed by atoms with Gasteiger partial charge >= 0.3 is 5.97 Å². The summed E-state index contributed by atoms with van der Waals surface area (Å²) in [6, 6.07) is 0. The summed E-state index contributed by atoms with van der Waals surface area (Å²) in [5, 5.41) is 0. The number of methoxy groups -OCH3 is 1. The van der Waals surface area contributed by atoms with Gasteiger partial charge in [-0.25, -0.2) is 0 Å². The zero-order valence-electron chi connectivity index (χ0n) is 12.7. The number of esters is 1. The molecule has 4 aliphatic carbocycles. The molecule has 4 bridgehead atoms. The molecular weight excluding hydrogens is 248 g/mol. The monoisotopic (exact) mass is 276 g/mol. The molecular formula is C18H28O2. The summed E-state index contributed by atoms with van der Waals surface area (Å²) in [5.41, 5.74) is 0. The number of hydrogen-bond donors (Lipinski definition) is 0. The van der Waals surface area contributed by atoms with Gasteiger partial charge in [0.15, 0.2) is 0 Å². The molecule has 6 atom stereocenters. The lowest BCUT2D eigenvalue weighted by molar-refractivity contribution is -0.143. The standard InChI is InChI=1S/C18H28O2/c1-20-18(19)10-17(15-8-11-2-4-13(15)6-11)16-9-12-3-5-14(16)7-12/h11-17H,2-10H2,1H3. The largest absolute Gasteiger partial charge is 0.469 e. The summed E-state index contributed by atoms with van der Waals surface area (Å²) in [5.74, 6) is 6.23. The number of carbonyl (C=O) groups is 1. The lowest BCUT2D eigenvalue weighted by Crippen LogP contribution is -2.32. The van der Waals surface area contributed by atoms with Crippen LogP contribution in [0.1, 0.15) is 57.8 Å². The molecule has 0 aromatic carbocycles. The first-order valence-corrected chi connectivity index (χ1v) is 8.81. The fourth-order valence-corrected chi connectivity index (χ4v) is 6.53. The van der Waals surface area contributed by atoms with E-state index < -0.39 is 0 Å². The molecule has 4 rings (SSSR count). The minimum atomic E-state index is 0.0422. The molecule has 2 nitrogen and oxygen atoms in total. The molecule has 2 heteroatoms. The number of hydrogen-bond acceptors (Lipinski definition) is 2. The maximum Gasteiger partial charge on any atom is 0.305 e. The second kappa shape index (κ2) is 5.03. The van der Waals surface area contributed by atoms with Crippen molar-refractivity contribution in [1.29, 1.82) is 0 Å². The lowest BCUT2D eigenvalue weighted by atomic mass is 9.67. The fraction of sp³-hybridized carbons (Fsp3) is 0.944. The van der Waals surface area contributed by atoms with Crippen LogP contribution in [0.15, 0.2) is 0 Å². The summed E-state index contributed by atoms with van der Waals surface area (Å²) in [7, 11) is 1.56. The Bertz CT molecular complexity index is 363. The van der Waals surface area contributed by atoms with Crippen LogP contribution in [0.5, 0.6) is 0 Å². The molecule has 4 aliphatic rings. The van der Waals surface area contributed by atoms with Crippen LogP contribution in [0.25, 0.3) is 0 Å². The van der Waals surface area contributed by atoms with Gasteiger partial charge in [0.25, 0.3) is 0 Å². The molecule has 4 saturated carbocycles. The maximum absolute atomic E-state index is 11.9. The van der Waals surface area contributed by atoms with Crippen molar-refractivity contribution >= 4 is 5.97 Å². The lowest BCUT2D eigenvalue weighted by Gasteiger charge is -2.38. The Morgan fingerprint density at radius 3 is 1.85 bits per heavy atom. The van der Waals surface area contributed by atoms with Crippen molar-refractivity contribution in [3.8, 4) is 0 Å². The SMILES string of the molecule is COC(=O)CC(C1CC2CCC1C2)C1CC2CCC1C2. The van der Waals surface area contributed by atoms with E-state index >= 15 is 0 Å². The molecule has 4 fully saturated rings. The van der Waals surface area contributed by atoms with Crippen molar-refractivity contribution < 1.29 is 9.53 Å². The van der Waals surface area contributed by atoms with Gasteiger partial charge in [0.1, 0.15) is 0 Å². The third-order valence-corrected chi connectivity index (χ3v) is 7.32. The van der Waals surface area contributed by atoms with Gasteiger partial charge in [-0.1, -0.05) is 12.8 Å². The summed E-state index contributed by atoms with van der Waals surface area (Å²) in [4.78, 5) is 11.9. The third kappa shape index (κ3) is 2.10. The van der Waals surface area contributed by atoms with Crippen LogP contribution in [-0.2, 0) is 9.53 Å². The molecule has 0 radical (unpaired) electrons. The number of ether oxygens (including phenoxy) is 1. The second-order valence-electron chi connectivity index (χ2n) is 8.12. The van der Waals surface area contributed by atoms with Crippen LogP contribution in [-0.4, -0.2) is 13.1 Å². The van der Waals surface area contributed by atoms with Crippen LogP contribution < -0.4 is 0 Å². The molecule has 0 aliphatic heterocycles. The van der Waals surface area contributed by atoms with E-state index in [1.165, 1.54) is 51.4 Å². The van der Waals surface area contributed by atoms with Crippen LogP contribution in [0, 0.1) is 41.4 Å². The Morgan fingerprint density at radius 1 is 0.950 bits per heavy atom. The van der Waals surface area contributed by atoms with Crippen molar-refractivity contribution in [2.45, 2.75) is 57.8 Å². The molecule has 112 valence electrons. The highest BCUT2D eigenvalue weighted by Crippen LogP contribution is 2.59. The molecule has 6 unspecified atom stereocenters. The van der Waals surface area contributed by atoms with Gasteiger partial charge in [0.2, 0.25) is 0 Å². The molecule has 20 heavy (non-hydrogen) atoms. The zero-order chi connectivity index (χ0) is 13.7. The first-order chi connectivity index (χ1) is 9.74. The maximum atomic E-state index is 11.9. The van der Waals surface area contributed by atoms with Gasteiger partial charge in [0.05, 0.1) is 7.11 Å². The van der Waals surface area contributed by atoms with Crippen molar-refractivity contribution in [1.82, 2.24) is 0 Å². The molecule has 0 aromatic rings. The minimum Gasteiger partial charge on any atom is -0.469 e. The van der Waals surface area contributed by atoms with Gasteiger partial charge in [0, 0.05) is 6.42 Å². The Morgan fingerprint density at radius 2 is 1.50 bits per heavy atom. The highest BCUT2D eigenvalue weighted by atomic mass is 16.5. The van der Waals surface area contributed by atoms with E-state index in [1.54, 1.807) is 7.11 Å². The average molecular weight is 276 g/mol. The van der Waals surface area contributed by atoms with Gasteiger partial charge in [-0.05, 0) is 80.0 Å². The predicted octanol–water partition coefficient (Wildman–Crippen LogP) is 4.04. The Balaban J connectivity index is 1.52. The van der Waals surface area contributed by atoms with Crippen molar-refractivity contribution in [3.63, 3.8) is 0 Å². The first-order valence-electron chi connectivity index (χ1n) is 8.81. The van der Waals surface area contributed by atoms with E-state index in [1.807, 2.05) is 0 Å². The van der Waals surface area contributed by atoms with E-state index in [4.69, 9.17) is 4.74 Å².